The molecule has 0 aliphatic heterocycles. The number of esters is 2. The fourth-order valence-electron chi connectivity index (χ4n) is 2.34. The summed E-state index contributed by atoms with van der Waals surface area (Å²) >= 11 is 9.24. The molecule has 0 aliphatic rings. The highest BCUT2D eigenvalue weighted by Gasteiger charge is 2.31. The number of fused-ring (bicyclic) bond motifs is 1. The minimum atomic E-state index is -0.771. The third-order valence-corrected chi connectivity index (χ3v) is 6.09. The van der Waals surface area contributed by atoms with Crippen molar-refractivity contribution in [1.29, 1.82) is 0 Å². The number of methoxy groups -OCH3 is 1. The number of carbonyl (C=O) groups excluding carboxylic acids is 2. The molecule has 0 unspecified atom stereocenters. The lowest BCUT2D eigenvalue weighted by Gasteiger charge is -2.18. The Balaban J connectivity index is 2.33. The highest BCUT2D eigenvalue weighted by molar-refractivity contribution is 14.1. The summed E-state index contributed by atoms with van der Waals surface area (Å²) in [5.74, 6) is -1.12. The van der Waals surface area contributed by atoms with E-state index in [9.17, 15) is 9.59 Å². The first-order valence-electron chi connectivity index (χ1n) is 8.19. The Labute approximate surface area is 184 Å². The number of hydrogen-bond donors (Lipinski definition) is 0. The van der Waals surface area contributed by atoms with Crippen molar-refractivity contribution in [3.63, 3.8) is 0 Å². The smallest absolute Gasteiger partial charge is 0.360 e. The molecule has 2 heterocycles. The zero-order valence-electron chi connectivity index (χ0n) is 15.5. The Bertz CT molecular complexity index is 1070. The van der Waals surface area contributed by atoms with Gasteiger partial charge in [-0.05, 0) is 67.0 Å². The number of rotatable bonds is 3. The third kappa shape index (κ3) is 3.99. The average molecular weight is 531 g/mol. The monoisotopic (exact) mass is 530 g/mol. The summed E-state index contributed by atoms with van der Waals surface area (Å²) in [6.45, 7) is 5.20. The second-order valence-electron chi connectivity index (χ2n) is 6.95. The maximum Gasteiger partial charge on any atom is 0.360 e. The summed E-state index contributed by atoms with van der Waals surface area (Å²) in [5, 5.41) is 1.14. The number of ether oxygens (including phenoxy) is 2. The van der Waals surface area contributed by atoms with Crippen LogP contribution in [-0.2, 0) is 9.53 Å². The Morgan fingerprint density at radius 3 is 2.39 bits per heavy atom. The highest BCUT2D eigenvalue weighted by Crippen LogP contribution is 2.41. The number of benzene rings is 1. The first kappa shape index (κ1) is 20.9. The molecule has 0 amide bonds. The minimum absolute atomic E-state index is 0.0564. The molecule has 2 aromatic heterocycles. The lowest BCUT2D eigenvalue weighted by atomic mass is 9.97. The van der Waals surface area contributed by atoms with Crippen LogP contribution in [-0.4, -0.2) is 28.4 Å². The second kappa shape index (κ2) is 7.92. The predicted molar refractivity (Wildman–Crippen MR) is 117 cm³/mol. The molecule has 0 atom stereocenters. The molecule has 3 rings (SSSR count). The Morgan fingerprint density at radius 2 is 1.82 bits per heavy atom. The minimum Gasteiger partial charge on any atom is -0.464 e. The first-order chi connectivity index (χ1) is 13.1. The molecule has 28 heavy (non-hydrogen) atoms. The number of halogens is 2. The molecule has 0 bridgehead atoms. The second-order valence-corrected chi connectivity index (χ2v) is 9.19. The van der Waals surface area contributed by atoms with Crippen molar-refractivity contribution < 1.29 is 19.1 Å². The number of pyridine rings is 1. The van der Waals surface area contributed by atoms with Crippen LogP contribution < -0.4 is 4.74 Å². The van der Waals surface area contributed by atoms with Crippen LogP contribution in [0.3, 0.4) is 0 Å². The van der Waals surface area contributed by atoms with Crippen molar-refractivity contribution in [1.82, 2.24) is 9.36 Å². The summed E-state index contributed by atoms with van der Waals surface area (Å²) in [4.78, 5) is 29.3. The number of carbonyl (C=O) groups is 2. The molecule has 0 saturated heterocycles. The molecule has 3 aromatic rings. The molecular formula is C19H16ClIN2O4S. The van der Waals surface area contributed by atoms with E-state index in [0.717, 1.165) is 10.3 Å². The SMILES string of the molecule is COC(=O)c1nc(I)c2snc(-c3ccc(Cl)cc3)c2c1OC(=O)C(C)(C)C. The van der Waals surface area contributed by atoms with Gasteiger partial charge in [-0.15, -0.1) is 0 Å². The fourth-order valence-corrected chi connectivity index (χ4v) is 4.06. The van der Waals surface area contributed by atoms with Gasteiger partial charge in [-0.3, -0.25) is 4.79 Å². The quantitative estimate of drug-likeness (QED) is 0.258. The topological polar surface area (TPSA) is 78.4 Å². The largest absolute Gasteiger partial charge is 0.464 e. The van der Waals surface area contributed by atoms with Crippen molar-refractivity contribution >= 4 is 67.7 Å². The van der Waals surface area contributed by atoms with E-state index in [1.165, 1.54) is 18.6 Å². The number of hydrogen-bond acceptors (Lipinski definition) is 7. The van der Waals surface area contributed by atoms with Crippen LogP contribution in [0.15, 0.2) is 24.3 Å². The van der Waals surface area contributed by atoms with Crippen LogP contribution in [0.2, 0.25) is 5.02 Å². The molecule has 146 valence electrons. The van der Waals surface area contributed by atoms with Gasteiger partial charge in [0.15, 0.2) is 11.4 Å². The fraction of sp³-hybridized carbons (Fsp3) is 0.263. The van der Waals surface area contributed by atoms with Crippen molar-refractivity contribution in [2.45, 2.75) is 20.8 Å². The molecule has 0 aliphatic carbocycles. The Hall–Kier alpha value is -1.78. The van der Waals surface area contributed by atoms with Crippen molar-refractivity contribution in [2.75, 3.05) is 7.11 Å². The zero-order chi connectivity index (χ0) is 20.6. The lowest BCUT2D eigenvalue weighted by Crippen LogP contribution is -2.26. The van der Waals surface area contributed by atoms with E-state index in [1.807, 2.05) is 34.7 Å². The van der Waals surface area contributed by atoms with Crippen molar-refractivity contribution in [3.05, 3.63) is 38.7 Å². The summed E-state index contributed by atoms with van der Waals surface area (Å²) in [6.07, 6.45) is 0. The van der Waals surface area contributed by atoms with E-state index in [1.54, 1.807) is 32.9 Å². The van der Waals surface area contributed by atoms with E-state index >= 15 is 0 Å². The first-order valence-corrected chi connectivity index (χ1v) is 10.4. The van der Waals surface area contributed by atoms with Gasteiger partial charge >= 0.3 is 11.9 Å². The van der Waals surface area contributed by atoms with Crippen LogP contribution in [0.25, 0.3) is 21.3 Å². The standard InChI is InChI=1S/C19H16ClIN2O4S/c1-19(2,3)18(25)27-14-11-12(9-5-7-10(20)8-6-9)23-28-15(11)16(21)22-13(14)17(24)26-4/h5-8H,1-4H3. The molecule has 9 heteroatoms. The maximum atomic E-state index is 12.6. The van der Waals surface area contributed by atoms with Gasteiger partial charge < -0.3 is 9.47 Å². The normalized spacial score (nSPS) is 11.5. The van der Waals surface area contributed by atoms with Crippen LogP contribution in [0.4, 0.5) is 0 Å². The molecular weight excluding hydrogens is 515 g/mol. The average Bonchev–Trinajstić information content (AvgIpc) is 3.08. The van der Waals surface area contributed by atoms with Crippen LogP contribution >= 0.6 is 45.7 Å². The van der Waals surface area contributed by atoms with E-state index in [-0.39, 0.29) is 11.4 Å². The van der Waals surface area contributed by atoms with Crippen LogP contribution in [0, 0.1) is 9.12 Å². The van der Waals surface area contributed by atoms with E-state index in [2.05, 4.69) is 9.36 Å². The van der Waals surface area contributed by atoms with Crippen LogP contribution in [0.1, 0.15) is 31.3 Å². The van der Waals surface area contributed by atoms with Gasteiger partial charge in [0.2, 0.25) is 0 Å². The molecule has 0 N–H and O–H groups in total. The van der Waals surface area contributed by atoms with E-state index in [4.69, 9.17) is 21.1 Å². The summed E-state index contributed by atoms with van der Waals surface area (Å²) < 4.78 is 16.3. The Morgan fingerprint density at radius 1 is 1.18 bits per heavy atom. The molecule has 0 saturated carbocycles. The van der Waals surface area contributed by atoms with Gasteiger partial charge in [-0.2, -0.15) is 4.37 Å². The van der Waals surface area contributed by atoms with Gasteiger partial charge in [-0.1, -0.05) is 23.7 Å². The van der Waals surface area contributed by atoms with Crippen molar-refractivity contribution in [3.8, 4) is 17.0 Å². The molecule has 0 spiro atoms. The predicted octanol–water partition coefficient (Wildman–Crippen LogP) is 5.35. The highest BCUT2D eigenvalue weighted by atomic mass is 127. The van der Waals surface area contributed by atoms with Crippen molar-refractivity contribution in [2.24, 2.45) is 5.41 Å². The lowest BCUT2D eigenvalue weighted by molar-refractivity contribution is -0.142. The molecule has 0 radical (unpaired) electrons. The van der Waals surface area contributed by atoms with Gasteiger partial charge in [0, 0.05) is 10.6 Å². The summed E-state index contributed by atoms with van der Waals surface area (Å²) in [6, 6.07) is 7.13. The molecule has 6 nitrogen and oxygen atoms in total. The maximum absolute atomic E-state index is 12.6. The molecule has 1 aromatic carbocycles. The van der Waals surface area contributed by atoms with Crippen LogP contribution in [0.5, 0.6) is 5.75 Å². The number of nitrogens with zero attached hydrogens (tertiary/aromatic N) is 2. The van der Waals surface area contributed by atoms with E-state index < -0.39 is 17.4 Å². The van der Waals surface area contributed by atoms with Gasteiger partial charge in [0.25, 0.3) is 0 Å². The van der Waals surface area contributed by atoms with Gasteiger partial charge in [0.05, 0.1) is 28.3 Å². The zero-order valence-corrected chi connectivity index (χ0v) is 19.2. The summed E-state index contributed by atoms with van der Waals surface area (Å²) in [5.41, 5.74) is 0.528. The molecule has 0 fully saturated rings. The summed E-state index contributed by atoms with van der Waals surface area (Å²) in [7, 11) is 1.25. The third-order valence-electron chi connectivity index (χ3n) is 3.84. The Kier molecular flexibility index (Phi) is 5.92. The van der Waals surface area contributed by atoms with Gasteiger partial charge in [0.1, 0.15) is 3.70 Å². The van der Waals surface area contributed by atoms with E-state index in [0.29, 0.717) is 19.8 Å². The number of aromatic nitrogens is 2. The van der Waals surface area contributed by atoms with Gasteiger partial charge in [-0.25, -0.2) is 9.78 Å².